The Bertz CT molecular complexity index is 441. The second-order valence-electron chi connectivity index (χ2n) is 6.23. The first-order valence-electron chi connectivity index (χ1n) is 7.90. The molecule has 0 aromatic heterocycles. The molecule has 2 heteroatoms. The molecule has 1 aromatic rings. The van der Waals surface area contributed by atoms with E-state index in [0.29, 0.717) is 12.0 Å². The largest absolute Gasteiger partial charge is 0.371 e. The summed E-state index contributed by atoms with van der Waals surface area (Å²) in [4.78, 5) is 2.54. The van der Waals surface area contributed by atoms with E-state index >= 15 is 0 Å². The molecule has 104 valence electrons. The third-order valence-electron chi connectivity index (χ3n) is 5.00. The molecule has 2 aliphatic rings. The minimum Gasteiger partial charge on any atom is -0.371 e. The van der Waals surface area contributed by atoms with Gasteiger partial charge in [0.15, 0.2) is 0 Å². The first-order valence-corrected chi connectivity index (χ1v) is 7.90. The van der Waals surface area contributed by atoms with E-state index in [9.17, 15) is 0 Å². The molecule has 0 saturated carbocycles. The SMILES string of the molecule is CCC(N)C1CCN(c2ccc3c(c2)CCCC3)C1. The number of rotatable bonds is 3. The third-order valence-corrected chi connectivity index (χ3v) is 5.00. The molecule has 0 spiro atoms. The van der Waals surface area contributed by atoms with Crippen LogP contribution in [0.3, 0.4) is 0 Å². The van der Waals surface area contributed by atoms with Crippen LogP contribution in [0.2, 0.25) is 0 Å². The standard InChI is InChI=1S/C17H26N2/c1-2-17(18)15-9-10-19(12-15)16-8-7-13-5-3-4-6-14(13)11-16/h7-8,11,15,17H,2-6,9-10,12,18H2,1H3. The maximum absolute atomic E-state index is 6.20. The van der Waals surface area contributed by atoms with Gasteiger partial charge in [-0.3, -0.25) is 0 Å². The quantitative estimate of drug-likeness (QED) is 0.902. The molecule has 1 fully saturated rings. The van der Waals surface area contributed by atoms with Gasteiger partial charge in [-0.2, -0.15) is 0 Å². The molecule has 19 heavy (non-hydrogen) atoms. The van der Waals surface area contributed by atoms with Gasteiger partial charge >= 0.3 is 0 Å². The van der Waals surface area contributed by atoms with Crippen LogP contribution >= 0.6 is 0 Å². The smallest absolute Gasteiger partial charge is 0.0369 e. The molecule has 2 nitrogen and oxygen atoms in total. The second-order valence-corrected chi connectivity index (χ2v) is 6.23. The summed E-state index contributed by atoms with van der Waals surface area (Å²) in [5, 5.41) is 0. The van der Waals surface area contributed by atoms with Gasteiger partial charge < -0.3 is 10.6 Å². The topological polar surface area (TPSA) is 29.3 Å². The lowest BCUT2D eigenvalue weighted by atomic mass is 9.91. The number of aryl methyl sites for hydroxylation is 2. The summed E-state index contributed by atoms with van der Waals surface area (Å²) >= 11 is 0. The van der Waals surface area contributed by atoms with Crippen LogP contribution in [-0.2, 0) is 12.8 Å². The predicted molar refractivity (Wildman–Crippen MR) is 81.7 cm³/mol. The van der Waals surface area contributed by atoms with E-state index < -0.39 is 0 Å². The summed E-state index contributed by atoms with van der Waals surface area (Å²) in [5.74, 6) is 0.682. The summed E-state index contributed by atoms with van der Waals surface area (Å²) in [6.45, 7) is 4.52. The fourth-order valence-corrected chi connectivity index (χ4v) is 3.62. The number of fused-ring (bicyclic) bond motifs is 1. The van der Waals surface area contributed by atoms with Crippen molar-refractivity contribution >= 4 is 5.69 Å². The van der Waals surface area contributed by atoms with Gasteiger partial charge in [-0.1, -0.05) is 13.0 Å². The summed E-state index contributed by atoms with van der Waals surface area (Å²) in [5.41, 5.74) is 10.8. The van der Waals surface area contributed by atoms with Crippen molar-refractivity contribution in [1.82, 2.24) is 0 Å². The van der Waals surface area contributed by atoms with Crippen LogP contribution in [0.25, 0.3) is 0 Å². The lowest BCUT2D eigenvalue weighted by Crippen LogP contribution is -2.31. The number of anilines is 1. The molecule has 1 aliphatic carbocycles. The highest BCUT2D eigenvalue weighted by atomic mass is 15.2. The van der Waals surface area contributed by atoms with Crippen molar-refractivity contribution < 1.29 is 0 Å². The Morgan fingerprint density at radius 1 is 1.26 bits per heavy atom. The number of nitrogens with zero attached hydrogens (tertiary/aromatic N) is 1. The predicted octanol–water partition coefficient (Wildman–Crippen LogP) is 3.13. The Kier molecular flexibility index (Phi) is 3.79. The molecule has 1 aliphatic heterocycles. The first kappa shape index (κ1) is 13.0. The summed E-state index contributed by atoms with van der Waals surface area (Å²) in [6, 6.07) is 7.50. The van der Waals surface area contributed by atoms with Crippen LogP contribution in [-0.4, -0.2) is 19.1 Å². The van der Waals surface area contributed by atoms with Gasteiger partial charge in [-0.25, -0.2) is 0 Å². The molecule has 3 rings (SSSR count). The number of nitrogens with two attached hydrogens (primary N) is 1. The van der Waals surface area contributed by atoms with Crippen molar-refractivity contribution in [2.45, 2.75) is 51.5 Å². The fourth-order valence-electron chi connectivity index (χ4n) is 3.62. The molecule has 1 aromatic carbocycles. The highest BCUT2D eigenvalue weighted by Gasteiger charge is 2.27. The van der Waals surface area contributed by atoms with Crippen LogP contribution in [0.15, 0.2) is 18.2 Å². The lowest BCUT2D eigenvalue weighted by molar-refractivity contribution is 0.447. The molecular weight excluding hydrogens is 232 g/mol. The van der Waals surface area contributed by atoms with Crippen molar-refractivity contribution in [3.05, 3.63) is 29.3 Å². The minimum atomic E-state index is 0.377. The van der Waals surface area contributed by atoms with Crippen molar-refractivity contribution in [2.24, 2.45) is 11.7 Å². The van der Waals surface area contributed by atoms with Crippen molar-refractivity contribution in [3.63, 3.8) is 0 Å². The van der Waals surface area contributed by atoms with Crippen molar-refractivity contribution in [1.29, 1.82) is 0 Å². The van der Waals surface area contributed by atoms with Crippen molar-refractivity contribution in [3.8, 4) is 0 Å². The zero-order valence-corrected chi connectivity index (χ0v) is 12.1. The Morgan fingerprint density at radius 2 is 2.05 bits per heavy atom. The molecular formula is C17H26N2. The van der Waals surface area contributed by atoms with Gasteiger partial charge in [0, 0.05) is 24.8 Å². The van der Waals surface area contributed by atoms with E-state index in [-0.39, 0.29) is 0 Å². The number of hydrogen-bond donors (Lipinski definition) is 1. The average Bonchev–Trinajstić information content (AvgIpc) is 2.95. The molecule has 1 heterocycles. The van der Waals surface area contributed by atoms with Crippen LogP contribution in [0.5, 0.6) is 0 Å². The van der Waals surface area contributed by atoms with Crippen LogP contribution < -0.4 is 10.6 Å². The van der Waals surface area contributed by atoms with Crippen LogP contribution in [0, 0.1) is 5.92 Å². The van der Waals surface area contributed by atoms with E-state index in [1.807, 2.05) is 0 Å². The monoisotopic (exact) mass is 258 g/mol. The Balaban J connectivity index is 1.73. The second kappa shape index (κ2) is 5.54. The molecule has 1 saturated heterocycles. The first-order chi connectivity index (χ1) is 9.28. The fraction of sp³-hybridized carbons (Fsp3) is 0.647. The van der Waals surface area contributed by atoms with Gasteiger partial charge in [-0.15, -0.1) is 0 Å². The number of hydrogen-bond acceptors (Lipinski definition) is 2. The van der Waals surface area contributed by atoms with E-state index in [2.05, 4.69) is 30.0 Å². The zero-order valence-electron chi connectivity index (χ0n) is 12.1. The summed E-state index contributed by atoms with van der Waals surface area (Å²) in [7, 11) is 0. The highest BCUT2D eigenvalue weighted by Crippen LogP contribution is 2.30. The molecule has 0 bridgehead atoms. The number of benzene rings is 1. The van der Waals surface area contributed by atoms with Gasteiger partial charge in [-0.05, 0) is 67.7 Å². The molecule has 0 amide bonds. The highest BCUT2D eigenvalue weighted by molar-refractivity contribution is 5.52. The van der Waals surface area contributed by atoms with E-state index in [4.69, 9.17) is 5.73 Å². The zero-order chi connectivity index (χ0) is 13.2. The van der Waals surface area contributed by atoms with E-state index in [0.717, 1.165) is 13.0 Å². The van der Waals surface area contributed by atoms with E-state index in [1.165, 1.54) is 44.3 Å². The van der Waals surface area contributed by atoms with Gasteiger partial charge in [0.05, 0.1) is 0 Å². The maximum Gasteiger partial charge on any atom is 0.0369 e. The summed E-state index contributed by atoms with van der Waals surface area (Å²) < 4.78 is 0. The molecule has 2 atom stereocenters. The Morgan fingerprint density at radius 3 is 2.84 bits per heavy atom. The Hall–Kier alpha value is -1.02. The van der Waals surface area contributed by atoms with Gasteiger partial charge in [0.1, 0.15) is 0 Å². The molecule has 2 N–H and O–H groups in total. The van der Waals surface area contributed by atoms with Crippen LogP contribution in [0.4, 0.5) is 5.69 Å². The molecule has 2 unspecified atom stereocenters. The normalized spacial score (nSPS) is 24.3. The minimum absolute atomic E-state index is 0.377. The maximum atomic E-state index is 6.20. The summed E-state index contributed by atoms with van der Waals surface area (Å²) in [6.07, 6.45) is 7.63. The third kappa shape index (κ3) is 2.64. The lowest BCUT2D eigenvalue weighted by Gasteiger charge is -2.23. The average molecular weight is 258 g/mol. The van der Waals surface area contributed by atoms with E-state index in [1.54, 1.807) is 11.1 Å². The van der Waals surface area contributed by atoms with Gasteiger partial charge in [0.2, 0.25) is 0 Å². The molecule has 0 radical (unpaired) electrons. The van der Waals surface area contributed by atoms with Gasteiger partial charge in [0.25, 0.3) is 0 Å². The van der Waals surface area contributed by atoms with Crippen LogP contribution in [0.1, 0.15) is 43.7 Å². The Labute approximate surface area is 117 Å². The van der Waals surface area contributed by atoms with Crippen molar-refractivity contribution in [2.75, 3.05) is 18.0 Å².